The molecule has 0 saturated carbocycles. The molecule has 4 rings (SSSR count). The zero-order valence-corrected chi connectivity index (χ0v) is 12.8. The Bertz CT molecular complexity index is 1000. The molecule has 0 aliphatic carbocycles. The molecule has 2 aromatic carbocycles. The summed E-state index contributed by atoms with van der Waals surface area (Å²) in [6.45, 7) is 0.0858. The largest absolute Gasteiger partial charge is 0.467 e. The van der Waals surface area contributed by atoms with E-state index in [9.17, 15) is 9.90 Å². The predicted octanol–water partition coefficient (Wildman–Crippen LogP) is 3.38. The van der Waals surface area contributed by atoms with Crippen molar-refractivity contribution in [2.75, 3.05) is 6.54 Å². The lowest BCUT2D eigenvalue weighted by Crippen LogP contribution is -2.28. The van der Waals surface area contributed by atoms with Crippen LogP contribution in [0.3, 0.4) is 0 Å². The molecule has 5 heteroatoms. The van der Waals surface area contributed by atoms with E-state index in [0.717, 1.165) is 21.7 Å². The number of rotatable bonds is 4. The average molecular weight is 320 g/mol. The van der Waals surface area contributed by atoms with E-state index in [-0.39, 0.29) is 12.5 Å². The quantitative estimate of drug-likeness (QED) is 0.539. The molecular weight excluding hydrogens is 304 g/mol. The van der Waals surface area contributed by atoms with Gasteiger partial charge in [0.15, 0.2) is 0 Å². The topological polar surface area (TPSA) is 78.3 Å². The standard InChI is InChI=1S/C19H16N2O3/c22-17(18-6-3-9-24-18)11-20-19(23)16-10-14-13-5-2-1-4-12(13)7-8-15(14)21-16/h1-10,17,21-22H,11H2,(H,20,23). The minimum absolute atomic E-state index is 0.0858. The maximum absolute atomic E-state index is 12.3. The number of aliphatic hydroxyl groups is 1. The van der Waals surface area contributed by atoms with Gasteiger partial charge in [-0.3, -0.25) is 4.79 Å². The zero-order chi connectivity index (χ0) is 16.5. The Kier molecular flexibility index (Phi) is 3.55. The molecule has 0 spiro atoms. The molecule has 2 aromatic heterocycles. The Morgan fingerprint density at radius 2 is 2.00 bits per heavy atom. The number of amides is 1. The molecule has 1 unspecified atom stereocenters. The smallest absolute Gasteiger partial charge is 0.267 e. The van der Waals surface area contributed by atoms with Crippen LogP contribution in [-0.4, -0.2) is 22.5 Å². The Morgan fingerprint density at radius 3 is 2.83 bits per heavy atom. The number of H-pyrrole nitrogens is 1. The molecule has 0 bridgehead atoms. The number of nitrogens with one attached hydrogen (secondary N) is 2. The van der Waals surface area contributed by atoms with Gasteiger partial charge in [0.1, 0.15) is 17.6 Å². The van der Waals surface area contributed by atoms with Crippen molar-refractivity contribution in [3.63, 3.8) is 0 Å². The molecule has 2 heterocycles. The minimum atomic E-state index is -0.867. The first-order chi connectivity index (χ1) is 11.7. The van der Waals surface area contributed by atoms with Gasteiger partial charge in [-0.1, -0.05) is 30.3 Å². The van der Waals surface area contributed by atoms with Gasteiger partial charge in [-0.2, -0.15) is 0 Å². The summed E-state index contributed by atoms with van der Waals surface area (Å²) in [6.07, 6.45) is 0.623. The second-order valence-corrected chi connectivity index (χ2v) is 5.67. The van der Waals surface area contributed by atoms with Crippen LogP contribution >= 0.6 is 0 Å². The van der Waals surface area contributed by atoms with Crippen LogP contribution in [-0.2, 0) is 0 Å². The number of aliphatic hydroxyl groups excluding tert-OH is 1. The van der Waals surface area contributed by atoms with Gasteiger partial charge >= 0.3 is 0 Å². The molecule has 1 amide bonds. The van der Waals surface area contributed by atoms with Crippen molar-refractivity contribution in [3.05, 3.63) is 72.3 Å². The highest BCUT2D eigenvalue weighted by atomic mass is 16.4. The molecule has 5 nitrogen and oxygen atoms in total. The maximum Gasteiger partial charge on any atom is 0.267 e. The third-order valence-corrected chi connectivity index (χ3v) is 4.10. The summed E-state index contributed by atoms with van der Waals surface area (Å²) in [6, 6.07) is 17.2. The van der Waals surface area contributed by atoms with E-state index in [1.165, 1.54) is 6.26 Å². The summed E-state index contributed by atoms with van der Waals surface area (Å²) in [5, 5.41) is 15.9. The summed E-state index contributed by atoms with van der Waals surface area (Å²) in [7, 11) is 0. The third kappa shape index (κ3) is 2.55. The number of hydrogen-bond donors (Lipinski definition) is 3. The Balaban J connectivity index is 1.57. The van der Waals surface area contributed by atoms with Crippen molar-refractivity contribution in [2.24, 2.45) is 0 Å². The van der Waals surface area contributed by atoms with Crippen LogP contribution in [0.2, 0.25) is 0 Å². The van der Waals surface area contributed by atoms with E-state index in [1.54, 1.807) is 12.1 Å². The van der Waals surface area contributed by atoms with E-state index in [4.69, 9.17) is 4.42 Å². The summed E-state index contributed by atoms with van der Waals surface area (Å²) < 4.78 is 5.12. The SMILES string of the molecule is O=C(NCC(O)c1ccco1)c1cc2c(ccc3ccccc32)[nH]1. The summed E-state index contributed by atoms with van der Waals surface area (Å²) >= 11 is 0. The molecule has 3 N–H and O–H groups in total. The Hall–Kier alpha value is -3.05. The average Bonchev–Trinajstić information content (AvgIpc) is 3.28. The molecule has 0 radical (unpaired) electrons. The van der Waals surface area contributed by atoms with Crippen LogP contribution < -0.4 is 5.32 Å². The van der Waals surface area contributed by atoms with Crippen molar-refractivity contribution >= 4 is 27.6 Å². The van der Waals surface area contributed by atoms with Gasteiger partial charge < -0.3 is 19.8 Å². The lowest BCUT2D eigenvalue weighted by atomic mass is 10.1. The van der Waals surface area contributed by atoms with Crippen LogP contribution in [0.4, 0.5) is 0 Å². The van der Waals surface area contributed by atoms with E-state index in [2.05, 4.69) is 10.3 Å². The van der Waals surface area contributed by atoms with E-state index < -0.39 is 6.10 Å². The lowest BCUT2D eigenvalue weighted by molar-refractivity contribution is 0.0897. The predicted molar refractivity (Wildman–Crippen MR) is 91.8 cm³/mol. The normalized spacial score (nSPS) is 12.5. The lowest BCUT2D eigenvalue weighted by Gasteiger charge is -2.08. The van der Waals surface area contributed by atoms with Crippen LogP contribution in [0.15, 0.2) is 65.3 Å². The number of carbonyl (C=O) groups excluding carboxylic acids is 1. The van der Waals surface area contributed by atoms with E-state index >= 15 is 0 Å². The van der Waals surface area contributed by atoms with Crippen molar-refractivity contribution < 1.29 is 14.3 Å². The van der Waals surface area contributed by atoms with Crippen molar-refractivity contribution in [1.82, 2.24) is 10.3 Å². The molecule has 1 atom stereocenters. The number of carbonyl (C=O) groups is 1. The van der Waals surface area contributed by atoms with Crippen LogP contribution in [0.5, 0.6) is 0 Å². The fourth-order valence-corrected chi connectivity index (χ4v) is 2.87. The zero-order valence-electron chi connectivity index (χ0n) is 12.8. The van der Waals surface area contributed by atoms with Crippen LogP contribution in [0, 0.1) is 0 Å². The number of aromatic amines is 1. The first kappa shape index (κ1) is 14.5. The minimum Gasteiger partial charge on any atom is -0.467 e. The summed E-state index contributed by atoms with van der Waals surface area (Å²) in [5.74, 6) is 0.166. The highest BCUT2D eigenvalue weighted by Gasteiger charge is 2.15. The fraction of sp³-hybridized carbons (Fsp3) is 0.105. The van der Waals surface area contributed by atoms with Gasteiger partial charge in [0.25, 0.3) is 5.91 Å². The van der Waals surface area contributed by atoms with E-state index in [0.29, 0.717) is 11.5 Å². The van der Waals surface area contributed by atoms with Gasteiger partial charge in [-0.15, -0.1) is 0 Å². The van der Waals surface area contributed by atoms with Crippen LogP contribution in [0.25, 0.3) is 21.7 Å². The van der Waals surface area contributed by atoms with Gasteiger partial charge in [0, 0.05) is 10.9 Å². The van der Waals surface area contributed by atoms with Crippen molar-refractivity contribution in [3.8, 4) is 0 Å². The van der Waals surface area contributed by atoms with Gasteiger partial charge in [0.05, 0.1) is 12.8 Å². The highest BCUT2D eigenvalue weighted by molar-refractivity contribution is 6.09. The Morgan fingerprint density at radius 1 is 1.12 bits per heavy atom. The molecule has 120 valence electrons. The molecule has 0 saturated heterocycles. The van der Waals surface area contributed by atoms with Gasteiger partial charge in [-0.25, -0.2) is 0 Å². The van der Waals surface area contributed by atoms with Crippen molar-refractivity contribution in [2.45, 2.75) is 6.10 Å². The molecule has 0 aliphatic heterocycles. The number of hydrogen-bond acceptors (Lipinski definition) is 3. The van der Waals surface area contributed by atoms with Crippen LogP contribution in [0.1, 0.15) is 22.4 Å². The monoisotopic (exact) mass is 320 g/mol. The summed E-state index contributed by atoms with van der Waals surface area (Å²) in [4.78, 5) is 15.5. The third-order valence-electron chi connectivity index (χ3n) is 4.10. The fourth-order valence-electron chi connectivity index (χ4n) is 2.87. The first-order valence-corrected chi connectivity index (χ1v) is 7.72. The first-order valence-electron chi connectivity index (χ1n) is 7.72. The van der Waals surface area contributed by atoms with Crippen molar-refractivity contribution in [1.29, 1.82) is 0 Å². The molecule has 0 aliphatic rings. The number of fused-ring (bicyclic) bond motifs is 3. The molecule has 4 aromatic rings. The second-order valence-electron chi connectivity index (χ2n) is 5.67. The Labute approximate surface area is 137 Å². The summed E-state index contributed by atoms with van der Waals surface area (Å²) in [5.41, 5.74) is 1.37. The molecule has 24 heavy (non-hydrogen) atoms. The maximum atomic E-state index is 12.3. The molecule has 0 fully saturated rings. The van der Waals surface area contributed by atoms with E-state index in [1.807, 2.05) is 42.5 Å². The molecular formula is C19H16N2O3. The number of aromatic nitrogens is 1. The second kappa shape index (κ2) is 5.86. The number of furan rings is 1. The van der Waals surface area contributed by atoms with Gasteiger partial charge in [0.2, 0.25) is 0 Å². The van der Waals surface area contributed by atoms with Gasteiger partial charge in [-0.05, 0) is 35.0 Å². The highest BCUT2D eigenvalue weighted by Crippen LogP contribution is 2.25. The number of benzene rings is 2.